The highest BCUT2D eigenvalue weighted by Gasteiger charge is 2.14. The molecule has 0 atom stereocenters. The predicted molar refractivity (Wildman–Crippen MR) is 79.1 cm³/mol. The van der Waals surface area contributed by atoms with Gasteiger partial charge in [-0.15, -0.1) is 11.6 Å². The zero-order chi connectivity index (χ0) is 14.3. The van der Waals surface area contributed by atoms with Crippen molar-refractivity contribution in [2.24, 2.45) is 7.05 Å². The number of aryl methyl sites for hydroxylation is 1. The van der Waals surface area contributed by atoms with Gasteiger partial charge in [-0.3, -0.25) is 4.68 Å². The van der Waals surface area contributed by atoms with E-state index in [1.54, 1.807) is 12.3 Å². The minimum absolute atomic E-state index is 0.327. The van der Waals surface area contributed by atoms with Crippen LogP contribution in [-0.4, -0.2) is 24.3 Å². The zero-order valence-electron chi connectivity index (χ0n) is 11.1. The van der Waals surface area contributed by atoms with Gasteiger partial charge < -0.3 is 4.57 Å². The van der Waals surface area contributed by atoms with Gasteiger partial charge in [0.05, 0.1) is 23.6 Å². The summed E-state index contributed by atoms with van der Waals surface area (Å²) in [7, 11) is 1.92. The summed E-state index contributed by atoms with van der Waals surface area (Å²) in [6, 6.07) is 1.80. The summed E-state index contributed by atoms with van der Waals surface area (Å²) in [6.45, 7) is 2.68. The minimum Gasteiger partial charge on any atom is -0.307 e. The van der Waals surface area contributed by atoms with E-state index in [0.29, 0.717) is 17.4 Å². The van der Waals surface area contributed by atoms with Crippen molar-refractivity contribution in [3.8, 4) is 0 Å². The Hall–Kier alpha value is -1.59. The van der Waals surface area contributed by atoms with Crippen molar-refractivity contribution in [1.29, 1.82) is 0 Å². The number of halogens is 2. The number of fused-ring (bicyclic) bond motifs is 1. The normalized spacial score (nSPS) is 11.4. The molecule has 3 rings (SSSR count). The van der Waals surface area contributed by atoms with Gasteiger partial charge in [0.25, 0.3) is 0 Å². The summed E-state index contributed by atoms with van der Waals surface area (Å²) in [6.07, 6.45) is 3.48. The number of hydrogen-bond acceptors (Lipinski definition) is 3. The predicted octanol–water partition coefficient (Wildman–Crippen LogP) is 2.91. The van der Waals surface area contributed by atoms with Crippen LogP contribution in [0.4, 0.5) is 0 Å². The first-order valence-corrected chi connectivity index (χ1v) is 7.05. The lowest BCUT2D eigenvalue weighted by Gasteiger charge is -2.06. The lowest BCUT2D eigenvalue weighted by Crippen LogP contribution is -2.05. The van der Waals surface area contributed by atoms with E-state index in [1.165, 1.54) is 0 Å². The fourth-order valence-electron chi connectivity index (χ4n) is 2.17. The molecule has 0 N–H and O–H groups in total. The molecule has 0 radical (unpaired) electrons. The van der Waals surface area contributed by atoms with Gasteiger partial charge in [-0.2, -0.15) is 5.10 Å². The number of imidazole rings is 1. The smallest absolute Gasteiger partial charge is 0.160 e. The molecule has 0 aliphatic heterocycles. The van der Waals surface area contributed by atoms with Gasteiger partial charge in [-0.1, -0.05) is 11.6 Å². The molecular formula is C13H13Cl2N5. The van der Waals surface area contributed by atoms with E-state index >= 15 is 0 Å². The summed E-state index contributed by atoms with van der Waals surface area (Å²) in [5.74, 6) is 1.10. The summed E-state index contributed by atoms with van der Waals surface area (Å²) in [5.41, 5.74) is 3.78. The van der Waals surface area contributed by atoms with Crippen LogP contribution >= 0.6 is 23.2 Å². The number of alkyl halides is 1. The molecule has 20 heavy (non-hydrogen) atoms. The molecule has 0 fully saturated rings. The van der Waals surface area contributed by atoms with Gasteiger partial charge in [0.15, 0.2) is 5.65 Å². The summed E-state index contributed by atoms with van der Waals surface area (Å²) in [4.78, 5) is 8.85. The van der Waals surface area contributed by atoms with Crippen molar-refractivity contribution in [1.82, 2.24) is 24.3 Å². The molecule has 0 saturated heterocycles. The largest absolute Gasteiger partial charge is 0.307 e. The van der Waals surface area contributed by atoms with Gasteiger partial charge in [0.2, 0.25) is 0 Å². The van der Waals surface area contributed by atoms with Gasteiger partial charge in [0, 0.05) is 24.5 Å². The van der Waals surface area contributed by atoms with E-state index in [-0.39, 0.29) is 0 Å². The van der Waals surface area contributed by atoms with Crippen molar-refractivity contribution >= 4 is 34.4 Å². The SMILES string of the molecule is Cc1c(Cn2c(CCl)nc3cc(Cl)cnc32)cnn1C. The lowest BCUT2D eigenvalue weighted by molar-refractivity contribution is 0.728. The fourth-order valence-corrected chi connectivity index (χ4v) is 2.53. The van der Waals surface area contributed by atoms with Crippen LogP contribution in [-0.2, 0) is 19.5 Å². The third-order valence-electron chi connectivity index (χ3n) is 3.42. The number of rotatable bonds is 3. The molecule has 104 valence electrons. The second kappa shape index (κ2) is 5.07. The molecule has 3 aromatic rings. The summed E-state index contributed by atoms with van der Waals surface area (Å²) < 4.78 is 3.85. The van der Waals surface area contributed by atoms with Crippen molar-refractivity contribution in [2.75, 3.05) is 0 Å². The molecular weight excluding hydrogens is 297 g/mol. The minimum atomic E-state index is 0.327. The van der Waals surface area contributed by atoms with Crippen LogP contribution in [0.15, 0.2) is 18.5 Å². The van der Waals surface area contributed by atoms with Crippen LogP contribution in [0.5, 0.6) is 0 Å². The molecule has 5 nitrogen and oxygen atoms in total. The molecule has 0 aromatic carbocycles. The highest BCUT2D eigenvalue weighted by atomic mass is 35.5. The molecule has 0 bridgehead atoms. The van der Waals surface area contributed by atoms with E-state index in [9.17, 15) is 0 Å². The maximum atomic E-state index is 5.99. The van der Waals surface area contributed by atoms with Gasteiger partial charge >= 0.3 is 0 Å². The molecule has 0 amide bonds. The van der Waals surface area contributed by atoms with Crippen LogP contribution in [0, 0.1) is 6.92 Å². The molecule has 0 aliphatic carbocycles. The van der Waals surface area contributed by atoms with Crippen molar-refractivity contribution < 1.29 is 0 Å². The van der Waals surface area contributed by atoms with Crippen LogP contribution in [0.3, 0.4) is 0 Å². The summed E-state index contributed by atoms with van der Waals surface area (Å²) in [5, 5.41) is 4.83. The Labute approximate surface area is 126 Å². The molecule has 7 heteroatoms. The molecule has 0 spiro atoms. The Kier molecular flexibility index (Phi) is 3.40. The maximum Gasteiger partial charge on any atom is 0.160 e. The third kappa shape index (κ3) is 2.17. The van der Waals surface area contributed by atoms with Gasteiger partial charge in [-0.05, 0) is 13.0 Å². The van der Waals surface area contributed by atoms with Crippen molar-refractivity contribution in [2.45, 2.75) is 19.3 Å². The molecule has 3 heterocycles. The number of pyridine rings is 1. The monoisotopic (exact) mass is 309 g/mol. The van der Waals surface area contributed by atoms with Crippen molar-refractivity contribution in [3.05, 3.63) is 40.6 Å². The first-order valence-electron chi connectivity index (χ1n) is 6.14. The average Bonchev–Trinajstić information content (AvgIpc) is 2.93. The second-order valence-corrected chi connectivity index (χ2v) is 5.33. The Morgan fingerprint density at radius 1 is 1.30 bits per heavy atom. The second-order valence-electron chi connectivity index (χ2n) is 4.62. The highest BCUT2D eigenvalue weighted by Crippen LogP contribution is 2.21. The summed E-state index contributed by atoms with van der Waals surface area (Å²) >= 11 is 11.9. The Balaban J connectivity index is 2.12. The zero-order valence-corrected chi connectivity index (χ0v) is 12.7. The first-order chi connectivity index (χ1) is 9.60. The quantitative estimate of drug-likeness (QED) is 0.699. The van der Waals surface area contributed by atoms with E-state index in [0.717, 1.165) is 28.2 Å². The fraction of sp³-hybridized carbons (Fsp3) is 0.308. The maximum absolute atomic E-state index is 5.99. The average molecular weight is 310 g/mol. The molecule has 0 aliphatic rings. The highest BCUT2D eigenvalue weighted by molar-refractivity contribution is 6.31. The van der Waals surface area contributed by atoms with E-state index < -0.39 is 0 Å². The van der Waals surface area contributed by atoms with E-state index in [2.05, 4.69) is 15.1 Å². The van der Waals surface area contributed by atoms with Gasteiger partial charge in [0.1, 0.15) is 11.3 Å². The Morgan fingerprint density at radius 2 is 2.10 bits per heavy atom. The molecule has 0 saturated carbocycles. The lowest BCUT2D eigenvalue weighted by atomic mass is 10.2. The topological polar surface area (TPSA) is 48.5 Å². The first kappa shape index (κ1) is 13.4. The molecule has 3 aromatic heterocycles. The number of hydrogen-bond donors (Lipinski definition) is 0. The number of aromatic nitrogens is 5. The van der Waals surface area contributed by atoms with Gasteiger partial charge in [-0.25, -0.2) is 9.97 Å². The van der Waals surface area contributed by atoms with Crippen LogP contribution in [0.2, 0.25) is 5.02 Å². The third-order valence-corrected chi connectivity index (χ3v) is 3.86. The standard InChI is InChI=1S/C13H13Cl2N5/c1-8-9(5-17-19(8)2)7-20-12(4-14)18-11-3-10(15)6-16-13(11)20/h3,5-6H,4,7H2,1-2H3. The van der Waals surface area contributed by atoms with Crippen LogP contribution < -0.4 is 0 Å². The van der Waals surface area contributed by atoms with Crippen LogP contribution in [0.1, 0.15) is 17.1 Å². The Bertz CT molecular complexity index is 775. The van der Waals surface area contributed by atoms with E-state index in [4.69, 9.17) is 23.2 Å². The van der Waals surface area contributed by atoms with Crippen molar-refractivity contribution in [3.63, 3.8) is 0 Å². The van der Waals surface area contributed by atoms with E-state index in [1.807, 2.05) is 29.4 Å². The van der Waals surface area contributed by atoms with Crippen LogP contribution in [0.25, 0.3) is 11.2 Å². The molecule has 0 unspecified atom stereocenters. The number of nitrogens with zero attached hydrogens (tertiary/aromatic N) is 5. The Morgan fingerprint density at radius 3 is 2.75 bits per heavy atom.